The van der Waals surface area contributed by atoms with E-state index in [1.165, 1.54) is 6.92 Å². The molecule has 46 valence electrons. The van der Waals surface area contributed by atoms with Crippen LogP contribution in [-0.4, -0.2) is 19.6 Å². The van der Waals surface area contributed by atoms with Crippen molar-refractivity contribution in [2.75, 3.05) is 5.75 Å². The first-order valence-corrected chi connectivity index (χ1v) is 3.28. The topological polar surface area (TPSA) is 91.7 Å². The lowest BCUT2D eigenvalue weighted by Gasteiger charge is -1.81. The summed E-state index contributed by atoms with van der Waals surface area (Å²) in [5, 5.41) is 4.51. The van der Waals surface area contributed by atoms with Crippen molar-refractivity contribution in [3.05, 3.63) is 0 Å². The summed E-state index contributed by atoms with van der Waals surface area (Å²) in [6, 6.07) is 0. The molecule has 0 aliphatic carbocycles. The Hall–Kier alpha value is -0.130. The zero-order valence-corrected chi connectivity index (χ0v) is 4.83. The first-order valence-electron chi connectivity index (χ1n) is 1.56. The largest absolute Gasteiger partial charge is 0.412 e. The molecule has 0 radical (unpaired) electrons. The molecular formula is C2H9NO3S. The molecule has 0 atom stereocenters. The lowest BCUT2D eigenvalue weighted by Crippen LogP contribution is -2.13. The molecule has 0 spiro atoms. The van der Waals surface area contributed by atoms with E-state index in [2.05, 4.69) is 5.14 Å². The highest BCUT2D eigenvalue weighted by Gasteiger charge is 1.90. The number of rotatable bonds is 1. The Bertz CT molecular complexity index is 115. The summed E-state index contributed by atoms with van der Waals surface area (Å²) in [7, 11) is -3.16. The van der Waals surface area contributed by atoms with Gasteiger partial charge in [0.2, 0.25) is 10.0 Å². The maximum Gasteiger partial charge on any atom is 0.208 e. The van der Waals surface area contributed by atoms with E-state index in [1.54, 1.807) is 0 Å². The molecule has 0 rings (SSSR count). The zero-order valence-electron chi connectivity index (χ0n) is 4.01. The van der Waals surface area contributed by atoms with E-state index in [9.17, 15) is 8.42 Å². The van der Waals surface area contributed by atoms with Crippen molar-refractivity contribution in [1.82, 2.24) is 0 Å². The van der Waals surface area contributed by atoms with E-state index in [1.807, 2.05) is 0 Å². The van der Waals surface area contributed by atoms with E-state index in [0.29, 0.717) is 0 Å². The number of nitrogens with two attached hydrogens (primary N) is 1. The van der Waals surface area contributed by atoms with Gasteiger partial charge in [-0.05, 0) is 6.92 Å². The smallest absolute Gasteiger partial charge is 0.208 e. The third-order valence-electron chi connectivity index (χ3n) is 0.402. The fourth-order valence-corrected chi connectivity index (χ4v) is 0. The van der Waals surface area contributed by atoms with E-state index in [4.69, 9.17) is 0 Å². The molecule has 0 saturated carbocycles. The first-order chi connectivity index (χ1) is 2.56. The molecule has 0 aromatic rings. The molecular weight excluding hydrogens is 118 g/mol. The van der Waals surface area contributed by atoms with Gasteiger partial charge in [-0.25, -0.2) is 13.6 Å². The molecule has 0 bridgehead atoms. The molecule has 0 aliphatic rings. The highest BCUT2D eigenvalue weighted by Crippen LogP contribution is 1.68. The fraction of sp³-hybridized carbons (Fsp3) is 1.00. The van der Waals surface area contributed by atoms with Crippen LogP contribution in [0.3, 0.4) is 0 Å². The normalized spacial score (nSPS) is 10.0. The van der Waals surface area contributed by atoms with Crippen LogP contribution in [0.4, 0.5) is 0 Å². The molecule has 4 nitrogen and oxygen atoms in total. The van der Waals surface area contributed by atoms with Gasteiger partial charge in [0.15, 0.2) is 0 Å². The number of sulfonamides is 1. The predicted molar refractivity (Wildman–Crippen MR) is 27.3 cm³/mol. The number of primary sulfonamides is 1. The molecule has 5 heteroatoms. The van der Waals surface area contributed by atoms with Gasteiger partial charge in [-0.15, -0.1) is 0 Å². The van der Waals surface area contributed by atoms with Gasteiger partial charge in [0, 0.05) is 0 Å². The third kappa shape index (κ3) is 10.7. The monoisotopic (exact) mass is 127 g/mol. The molecule has 0 saturated heterocycles. The van der Waals surface area contributed by atoms with Crippen LogP contribution in [0, 0.1) is 0 Å². The van der Waals surface area contributed by atoms with Crippen molar-refractivity contribution in [3.8, 4) is 0 Å². The number of hydrogen-bond acceptors (Lipinski definition) is 2. The molecule has 0 fully saturated rings. The van der Waals surface area contributed by atoms with Crippen LogP contribution in [-0.2, 0) is 10.0 Å². The van der Waals surface area contributed by atoms with Crippen LogP contribution in [0.25, 0.3) is 0 Å². The van der Waals surface area contributed by atoms with Gasteiger partial charge in [0.1, 0.15) is 0 Å². The maximum absolute atomic E-state index is 9.78. The second-order valence-electron chi connectivity index (χ2n) is 0.952. The van der Waals surface area contributed by atoms with Gasteiger partial charge in [-0.1, -0.05) is 0 Å². The van der Waals surface area contributed by atoms with Gasteiger partial charge in [-0.3, -0.25) is 0 Å². The van der Waals surface area contributed by atoms with Crippen molar-refractivity contribution < 1.29 is 13.9 Å². The molecule has 0 aromatic carbocycles. The molecule has 0 heterocycles. The summed E-state index contributed by atoms with van der Waals surface area (Å²) in [6.07, 6.45) is 0. The summed E-state index contributed by atoms with van der Waals surface area (Å²) >= 11 is 0. The highest BCUT2D eigenvalue weighted by atomic mass is 32.2. The lowest BCUT2D eigenvalue weighted by atomic mass is 11.0. The van der Waals surface area contributed by atoms with Crippen LogP contribution in [0.5, 0.6) is 0 Å². The standard InChI is InChI=1S/C2H7NO2S.H2O/c1-2-6(3,4)5;/h2H2,1H3,(H2,3,4,5);1H2. The number of hydrogen-bond donors (Lipinski definition) is 1. The highest BCUT2D eigenvalue weighted by molar-refractivity contribution is 7.89. The van der Waals surface area contributed by atoms with Crippen LogP contribution in [0.1, 0.15) is 6.92 Å². The molecule has 0 unspecified atom stereocenters. The SMILES string of the molecule is CCS(N)(=O)=O.O. The average Bonchev–Trinajstić information content (AvgIpc) is 1.35. The second kappa shape index (κ2) is 2.95. The molecule has 4 N–H and O–H groups in total. The van der Waals surface area contributed by atoms with E-state index in [-0.39, 0.29) is 11.2 Å². The van der Waals surface area contributed by atoms with Crippen LogP contribution < -0.4 is 5.14 Å². The van der Waals surface area contributed by atoms with E-state index in [0.717, 1.165) is 0 Å². The van der Waals surface area contributed by atoms with Crippen molar-refractivity contribution in [3.63, 3.8) is 0 Å². The van der Waals surface area contributed by atoms with Crippen LogP contribution >= 0.6 is 0 Å². The van der Waals surface area contributed by atoms with Gasteiger partial charge in [0.25, 0.3) is 0 Å². The second-order valence-corrected chi connectivity index (χ2v) is 2.85. The average molecular weight is 127 g/mol. The maximum atomic E-state index is 9.78. The van der Waals surface area contributed by atoms with Gasteiger partial charge in [0.05, 0.1) is 5.75 Å². The summed E-state index contributed by atoms with van der Waals surface area (Å²) in [4.78, 5) is 0. The summed E-state index contributed by atoms with van der Waals surface area (Å²) in [6.45, 7) is 1.50. The lowest BCUT2D eigenvalue weighted by molar-refractivity contribution is 0.599. The third-order valence-corrected chi connectivity index (χ3v) is 1.21. The predicted octanol–water partition coefficient (Wildman–Crippen LogP) is -1.53. The summed E-state index contributed by atoms with van der Waals surface area (Å²) < 4.78 is 19.6. The summed E-state index contributed by atoms with van der Waals surface area (Å²) in [5.41, 5.74) is 0. The Kier molecular flexibility index (Phi) is 4.21. The van der Waals surface area contributed by atoms with Crippen molar-refractivity contribution >= 4 is 10.0 Å². The van der Waals surface area contributed by atoms with Gasteiger partial charge >= 0.3 is 0 Å². The van der Waals surface area contributed by atoms with Gasteiger partial charge in [-0.2, -0.15) is 0 Å². The van der Waals surface area contributed by atoms with E-state index < -0.39 is 10.0 Å². The Labute approximate surface area is 42.7 Å². The fourth-order valence-electron chi connectivity index (χ4n) is 0. The van der Waals surface area contributed by atoms with Crippen molar-refractivity contribution in [2.24, 2.45) is 5.14 Å². The van der Waals surface area contributed by atoms with Gasteiger partial charge < -0.3 is 5.48 Å². The molecule has 0 aliphatic heterocycles. The van der Waals surface area contributed by atoms with Crippen molar-refractivity contribution in [2.45, 2.75) is 6.92 Å². The Morgan fingerprint density at radius 3 is 1.71 bits per heavy atom. The van der Waals surface area contributed by atoms with E-state index >= 15 is 0 Å². The minimum Gasteiger partial charge on any atom is -0.412 e. The minimum absolute atomic E-state index is 0. The Morgan fingerprint density at radius 1 is 1.57 bits per heavy atom. The van der Waals surface area contributed by atoms with Crippen LogP contribution in [0.15, 0.2) is 0 Å². The first kappa shape index (κ1) is 9.98. The molecule has 0 amide bonds. The Morgan fingerprint density at radius 2 is 1.71 bits per heavy atom. The molecule has 7 heavy (non-hydrogen) atoms. The van der Waals surface area contributed by atoms with Crippen molar-refractivity contribution in [1.29, 1.82) is 0 Å². The molecule has 0 aromatic heterocycles. The zero-order chi connectivity index (χ0) is 5.21. The summed E-state index contributed by atoms with van der Waals surface area (Å²) in [5.74, 6) is 0.0208. The Balaban J connectivity index is 0. The quantitative estimate of drug-likeness (QED) is 0.463. The minimum atomic E-state index is -3.16. The van der Waals surface area contributed by atoms with Crippen LogP contribution in [0.2, 0.25) is 0 Å².